The van der Waals surface area contributed by atoms with Gasteiger partial charge in [-0.3, -0.25) is 0 Å². The minimum atomic E-state index is -3.78. The van der Waals surface area contributed by atoms with Gasteiger partial charge in [-0.1, -0.05) is 60.1 Å². The lowest BCUT2D eigenvalue weighted by atomic mass is 10.0. The summed E-state index contributed by atoms with van der Waals surface area (Å²) in [5.41, 5.74) is 1.62. The van der Waals surface area contributed by atoms with Gasteiger partial charge in [0.1, 0.15) is 10.9 Å². The van der Waals surface area contributed by atoms with Crippen molar-refractivity contribution in [3.05, 3.63) is 101 Å². The first-order chi connectivity index (χ1) is 13.9. The van der Waals surface area contributed by atoms with Crippen LogP contribution in [0.5, 0.6) is 0 Å². The highest BCUT2D eigenvalue weighted by atomic mass is 35.5. The lowest BCUT2D eigenvalue weighted by Crippen LogP contribution is -2.17. The maximum absolute atomic E-state index is 13.5. The number of rotatable bonds is 6. The predicted molar refractivity (Wildman–Crippen MR) is 113 cm³/mol. The Labute approximate surface area is 174 Å². The van der Waals surface area contributed by atoms with Gasteiger partial charge in [0, 0.05) is 18.8 Å². The van der Waals surface area contributed by atoms with Crippen molar-refractivity contribution in [2.45, 2.75) is 22.7 Å². The molecule has 0 aliphatic carbocycles. The molecule has 0 fully saturated rings. The van der Waals surface area contributed by atoms with E-state index in [1.165, 1.54) is 0 Å². The van der Waals surface area contributed by atoms with Crippen molar-refractivity contribution in [1.82, 2.24) is 9.38 Å². The summed E-state index contributed by atoms with van der Waals surface area (Å²) in [6, 6.07) is 20.7. The highest BCUT2D eigenvalue weighted by molar-refractivity contribution is 7.91. The molecule has 0 radical (unpaired) electrons. The third-order valence-electron chi connectivity index (χ3n) is 4.83. The van der Waals surface area contributed by atoms with E-state index in [0.29, 0.717) is 21.9 Å². The third kappa shape index (κ3) is 4.05. The first-order valence-corrected chi connectivity index (χ1v) is 11.0. The molecule has 4 aromatic rings. The molecule has 148 valence electrons. The second-order valence-electron chi connectivity index (χ2n) is 6.79. The third-order valence-corrected chi connectivity index (χ3v) is 7.17. The van der Waals surface area contributed by atoms with Crippen LogP contribution < -0.4 is 0 Å². The molecule has 0 aliphatic heterocycles. The molecule has 0 amide bonds. The molecule has 1 N–H and O–H groups in total. The molecule has 7 heteroatoms. The summed E-state index contributed by atoms with van der Waals surface area (Å²) in [5, 5.41) is 10.3. The van der Waals surface area contributed by atoms with E-state index in [2.05, 4.69) is 4.98 Å². The Balaban J connectivity index is 1.80. The number of halogens is 1. The Morgan fingerprint density at radius 1 is 0.931 bits per heavy atom. The van der Waals surface area contributed by atoms with Crippen LogP contribution in [0.1, 0.15) is 29.0 Å². The molecule has 0 saturated heterocycles. The number of sulfone groups is 1. The Morgan fingerprint density at radius 2 is 1.59 bits per heavy atom. The number of hydrogen-bond acceptors (Lipinski definition) is 4. The molecule has 0 spiro atoms. The van der Waals surface area contributed by atoms with E-state index in [-0.39, 0.29) is 11.3 Å². The van der Waals surface area contributed by atoms with Gasteiger partial charge < -0.3 is 9.51 Å². The zero-order valence-corrected chi connectivity index (χ0v) is 17.0. The van der Waals surface area contributed by atoms with E-state index < -0.39 is 21.2 Å². The lowest BCUT2D eigenvalue weighted by Gasteiger charge is -2.20. The van der Waals surface area contributed by atoms with Crippen LogP contribution in [-0.2, 0) is 9.84 Å². The largest absolute Gasteiger partial charge is 0.388 e. The molecular weight excluding hydrogens is 408 g/mol. The van der Waals surface area contributed by atoms with E-state index in [1.54, 1.807) is 71.4 Å². The Bertz CT molecular complexity index is 1220. The number of fused-ring (bicyclic) bond motifs is 1. The van der Waals surface area contributed by atoms with Crippen LogP contribution in [0.3, 0.4) is 0 Å². The summed E-state index contributed by atoms with van der Waals surface area (Å²) >= 11 is 6.05. The van der Waals surface area contributed by atoms with Crippen molar-refractivity contribution in [2.24, 2.45) is 0 Å². The number of imidazole rings is 1. The number of pyridine rings is 1. The van der Waals surface area contributed by atoms with Crippen LogP contribution in [0, 0.1) is 0 Å². The number of nitrogens with zero attached hydrogens (tertiary/aromatic N) is 2. The van der Waals surface area contributed by atoms with Gasteiger partial charge in [-0.2, -0.15) is 0 Å². The van der Waals surface area contributed by atoms with Gasteiger partial charge in [0.25, 0.3) is 0 Å². The zero-order chi connectivity index (χ0) is 20.4. The van der Waals surface area contributed by atoms with Crippen LogP contribution in [0.15, 0.2) is 90.1 Å². The van der Waals surface area contributed by atoms with Gasteiger partial charge in [0.05, 0.1) is 21.7 Å². The molecule has 2 unspecified atom stereocenters. The van der Waals surface area contributed by atoms with Crippen LogP contribution >= 0.6 is 11.6 Å². The summed E-state index contributed by atoms with van der Waals surface area (Å²) < 4.78 is 28.6. The first kappa shape index (κ1) is 19.6. The van der Waals surface area contributed by atoms with Gasteiger partial charge in [0.15, 0.2) is 9.84 Å². The van der Waals surface area contributed by atoms with Crippen LogP contribution in [0.2, 0.25) is 5.02 Å². The minimum Gasteiger partial charge on any atom is -0.388 e. The average Bonchev–Trinajstić information content (AvgIpc) is 3.15. The number of benzene rings is 2. The summed E-state index contributed by atoms with van der Waals surface area (Å²) in [7, 11) is -3.78. The van der Waals surface area contributed by atoms with Gasteiger partial charge in [-0.25, -0.2) is 13.4 Å². The van der Waals surface area contributed by atoms with Gasteiger partial charge in [-0.15, -0.1) is 0 Å². The van der Waals surface area contributed by atoms with Crippen molar-refractivity contribution in [3.8, 4) is 0 Å². The molecule has 2 aromatic heterocycles. The summed E-state index contributed by atoms with van der Waals surface area (Å²) in [5.74, 6) is 0. The van der Waals surface area contributed by atoms with E-state index in [1.807, 2.05) is 18.2 Å². The molecule has 2 heterocycles. The van der Waals surface area contributed by atoms with Crippen LogP contribution in [0.4, 0.5) is 0 Å². The Morgan fingerprint density at radius 3 is 2.28 bits per heavy atom. The predicted octanol–water partition coefficient (Wildman–Crippen LogP) is 4.63. The number of aliphatic hydroxyl groups is 1. The normalized spacial score (nSPS) is 14.0. The second kappa shape index (κ2) is 7.99. The van der Waals surface area contributed by atoms with Crippen LogP contribution in [-0.4, -0.2) is 22.9 Å². The number of hydrogen-bond donors (Lipinski definition) is 1. The molecule has 0 aliphatic rings. The first-order valence-electron chi connectivity index (χ1n) is 9.11. The maximum Gasteiger partial charge on any atom is 0.187 e. The SMILES string of the molecule is O=S(=O)(c1ccccc1)C(CC(O)c1ccccc1)c1cn2cc(Cl)ccc2n1. The van der Waals surface area contributed by atoms with E-state index >= 15 is 0 Å². The fraction of sp³-hybridized carbons (Fsp3) is 0.136. The second-order valence-corrected chi connectivity index (χ2v) is 9.35. The molecular formula is C22H19ClN2O3S. The molecule has 0 bridgehead atoms. The van der Waals surface area contributed by atoms with Crippen molar-refractivity contribution >= 4 is 27.1 Å². The fourth-order valence-corrected chi connectivity index (χ4v) is 5.23. The Hall–Kier alpha value is -2.67. The summed E-state index contributed by atoms with van der Waals surface area (Å²) in [6.07, 6.45) is 2.36. The van der Waals surface area contributed by atoms with E-state index in [9.17, 15) is 13.5 Å². The molecule has 2 atom stereocenters. The maximum atomic E-state index is 13.5. The lowest BCUT2D eigenvalue weighted by molar-refractivity contribution is 0.165. The monoisotopic (exact) mass is 426 g/mol. The summed E-state index contributed by atoms with van der Waals surface area (Å²) in [6.45, 7) is 0. The van der Waals surface area contributed by atoms with Gasteiger partial charge in [0.2, 0.25) is 0 Å². The average molecular weight is 427 g/mol. The van der Waals surface area contributed by atoms with E-state index in [4.69, 9.17) is 11.6 Å². The van der Waals surface area contributed by atoms with Gasteiger partial charge in [-0.05, 0) is 29.8 Å². The van der Waals surface area contributed by atoms with Crippen LogP contribution in [0.25, 0.3) is 5.65 Å². The highest BCUT2D eigenvalue weighted by Crippen LogP contribution is 2.36. The molecule has 4 rings (SSSR count). The molecule has 0 saturated carbocycles. The fourth-order valence-electron chi connectivity index (χ4n) is 3.33. The molecule has 5 nitrogen and oxygen atoms in total. The van der Waals surface area contributed by atoms with E-state index in [0.717, 1.165) is 0 Å². The van der Waals surface area contributed by atoms with Crippen molar-refractivity contribution in [1.29, 1.82) is 0 Å². The minimum absolute atomic E-state index is 0.0150. The zero-order valence-electron chi connectivity index (χ0n) is 15.4. The van der Waals surface area contributed by atoms with Crippen molar-refractivity contribution in [3.63, 3.8) is 0 Å². The van der Waals surface area contributed by atoms with Crippen molar-refractivity contribution < 1.29 is 13.5 Å². The number of aromatic nitrogens is 2. The topological polar surface area (TPSA) is 71.7 Å². The van der Waals surface area contributed by atoms with Gasteiger partial charge >= 0.3 is 0 Å². The summed E-state index contributed by atoms with van der Waals surface area (Å²) in [4.78, 5) is 4.70. The smallest absolute Gasteiger partial charge is 0.187 e. The Kier molecular flexibility index (Phi) is 5.41. The molecule has 29 heavy (non-hydrogen) atoms. The quantitative estimate of drug-likeness (QED) is 0.488. The molecule has 2 aromatic carbocycles. The van der Waals surface area contributed by atoms with Crippen molar-refractivity contribution in [2.75, 3.05) is 0 Å². The highest BCUT2D eigenvalue weighted by Gasteiger charge is 2.33. The standard InChI is InChI=1S/C22H19ClN2O3S/c23-17-11-12-22-24-19(15-25(22)14-17)21(13-20(26)16-7-3-1-4-8-16)29(27,28)18-9-5-2-6-10-18/h1-12,14-15,20-21,26H,13H2. The number of aliphatic hydroxyl groups excluding tert-OH is 1.